The van der Waals surface area contributed by atoms with Crippen LogP contribution in [0.5, 0.6) is 0 Å². The van der Waals surface area contributed by atoms with E-state index in [-0.39, 0.29) is 16.1 Å². The summed E-state index contributed by atoms with van der Waals surface area (Å²) in [4.78, 5) is 0. The van der Waals surface area contributed by atoms with Gasteiger partial charge in [-0.2, -0.15) is 0 Å². The monoisotopic (exact) mass is 330 g/mol. The molecule has 1 atom stereocenters. The van der Waals surface area contributed by atoms with Crippen LogP contribution in [0.1, 0.15) is 37.7 Å². The molecule has 0 aliphatic carbocycles. The summed E-state index contributed by atoms with van der Waals surface area (Å²) in [5, 5.41) is 11.6. The standard InChI is InChI=1S/C14H17Cl2FN4/c1-4-11(18-3)14-12(5-2)21(20-19-14)8-6-9(15)13(17)10(16)7-8/h6-7,11,18H,4-5H2,1-3H3. The van der Waals surface area contributed by atoms with Crippen LogP contribution in [0, 0.1) is 5.82 Å². The van der Waals surface area contributed by atoms with Crippen LogP contribution in [0.15, 0.2) is 12.1 Å². The first kappa shape index (κ1) is 16.2. The zero-order valence-electron chi connectivity index (χ0n) is 12.1. The topological polar surface area (TPSA) is 42.7 Å². The second kappa shape index (κ2) is 6.73. The summed E-state index contributed by atoms with van der Waals surface area (Å²) in [6.45, 7) is 4.10. The third-order valence-corrected chi connectivity index (χ3v) is 3.98. The minimum atomic E-state index is -0.623. The molecule has 114 valence electrons. The van der Waals surface area contributed by atoms with Crippen molar-refractivity contribution in [3.05, 3.63) is 39.4 Å². The number of nitrogens with zero attached hydrogens (tertiary/aromatic N) is 3. The summed E-state index contributed by atoms with van der Waals surface area (Å²) in [7, 11) is 1.89. The lowest BCUT2D eigenvalue weighted by Gasteiger charge is -2.13. The maximum atomic E-state index is 13.5. The minimum absolute atomic E-state index is 0.0303. The van der Waals surface area contributed by atoms with E-state index in [1.807, 2.05) is 14.0 Å². The third-order valence-electron chi connectivity index (χ3n) is 3.43. The molecule has 0 spiro atoms. The van der Waals surface area contributed by atoms with Crippen molar-refractivity contribution in [3.8, 4) is 5.69 Å². The van der Waals surface area contributed by atoms with Crippen molar-refractivity contribution in [3.63, 3.8) is 0 Å². The van der Waals surface area contributed by atoms with Crippen LogP contribution in [0.25, 0.3) is 5.69 Å². The second-order valence-electron chi connectivity index (χ2n) is 4.66. The van der Waals surface area contributed by atoms with Gasteiger partial charge in [-0.1, -0.05) is 42.3 Å². The van der Waals surface area contributed by atoms with Crippen LogP contribution in [-0.2, 0) is 6.42 Å². The van der Waals surface area contributed by atoms with Crippen molar-refractivity contribution in [2.45, 2.75) is 32.7 Å². The first-order valence-corrected chi connectivity index (χ1v) is 7.55. The van der Waals surface area contributed by atoms with Crippen LogP contribution in [0.3, 0.4) is 0 Å². The average molecular weight is 331 g/mol. The van der Waals surface area contributed by atoms with E-state index in [9.17, 15) is 4.39 Å². The Morgan fingerprint density at radius 1 is 1.29 bits per heavy atom. The van der Waals surface area contributed by atoms with E-state index < -0.39 is 5.82 Å². The van der Waals surface area contributed by atoms with Crippen LogP contribution in [-0.4, -0.2) is 22.0 Å². The van der Waals surface area contributed by atoms with Gasteiger partial charge < -0.3 is 5.32 Å². The summed E-state index contributed by atoms with van der Waals surface area (Å²) in [6.07, 6.45) is 1.64. The van der Waals surface area contributed by atoms with Crippen molar-refractivity contribution in [1.82, 2.24) is 20.3 Å². The van der Waals surface area contributed by atoms with E-state index in [2.05, 4.69) is 22.6 Å². The first-order chi connectivity index (χ1) is 10.0. The molecule has 0 saturated carbocycles. The second-order valence-corrected chi connectivity index (χ2v) is 5.47. The molecule has 0 aliphatic heterocycles. The number of benzene rings is 1. The number of nitrogens with one attached hydrogen (secondary N) is 1. The van der Waals surface area contributed by atoms with Crippen molar-refractivity contribution < 1.29 is 4.39 Å². The minimum Gasteiger partial charge on any atom is -0.312 e. The SMILES string of the molecule is CCc1c(C(CC)NC)nnn1-c1cc(Cl)c(F)c(Cl)c1. The van der Waals surface area contributed by atoms with Crippen molar-refractivity contribution in [2.75, 3.05) is 7.05 Å². The molecule has 7 heteroatoms. The van der Waals surface area contributed by atoms with Crippen LogP contribution < -0.4 is 5.32 Å². The quantitative estimate of drug-likeness (QED) is 0.844. The highest BCUT2D eigenvalue weighted by Gasteiger charge is 2.20. The predicted molar refractivity (Wildman–Crippen MR) is 82.8 cm³/mol. The van der Waals surface area contributed by atoms with Crippen LogP contribution >= 0.6 is 23.2 Å². The van der Waals surface area contributed by atoms with E-state index in [1.165, 1.54) is 12.1 Å². The zero-order valence-corrected chi connectivity index (χ0v) is 13.6. The highest BCUT2D eigenvalue weighted by atomic mass is 35.5. The van der Waals surface area contributed by atoms with Gasteiger partial charge in [0.15, 0.2) is 5.82 Å². The fourth-order valence-corrected chi connectivity index (χ4v) is 2.80. The molecular formula is C14H17Cl2FN4. The maximum Gasteiger partial charge on any atom is 0.160 e. The lowest BCUT2D eigenvalue weighted by atomic mass is 10.1. The van der Waals surface area contributed by atoms with Gasteiger partial charge >= 0.3 is 0 Å². The Morgan fingerprint density at radius 2 is 1.90 bits per heavy atom. The molecular weight excluding hydrogens is 314 g/mol. The normalized spacial score (nSPS) is 12.7. The molecule has 0 bridgehead atoms. The lowest BCUT2D eigenvalue weighted by Crippen LogP contribution is -2.17. The molecule has 1 N–H and O–H groups in total. The molecule has 2 rings (SSSR count). The smallest absolute Gasteiger partial charge is 0.160 e. The Balaban J connectivity index is 2.55. The third kappa shape index (κ3) is 3.05. The molecule has 2 aromatic rings. The molecule has 21 heavy (non-hydrogen) atoms. The molecule has 0 saturated heterocycles. The molecule has 1 aromatic carbocycles. The van der Waals surface area contributed by atoms with Gasteiger partial charge in [-0.05, 0) is 32.0 Å². The summed E-state index contributed by atoms with van der Waals surface area (Å²) < 4.78 is 15.2. The van der Waals surface area contributed by atoms with Crippen molar-refractivity contribution >= 4 is 23.2 Å². The fraction of sp³-hybridized carbons (Fsp3) is 0.429. The summed E-state index contributed by atoms with van der Waals surface area (Å²) in [5.74, 6) is -0.623. The van der Waals surface area contributed by atoms with Gasteiger partial charge in [0.1, 0.15) is 5.69 Å². The fourth-order valence-electron chi connectivity index (χ4n) is 2.32. The Kier molecular flexibility index (Phi) is 5.19. The molecule has 0 radical (unpaired) electrons. The first-order valence-electron chi connectivity index (χ1n) is 6.80. The van der Waals surface area contributed by atoms with Crippen molar-refractivity contribution in [2.24, 2.45) is 0 Å². The molecule has 1 unspecified atom stereocenters. The van der Waals surface area contributed by atoms with E-state index in [4.69, 9.17) is 23.2 Å². The Morgan fingerprint density at radius 3 is 2.38 bits per heavy atom. The van der Waals surface area contributed by atoms with Gasteiger partial charge in [0.25, 0.3) is 0 Å². The molecule has 1 aromatic heterocycles. The molecule has 4 nitrogen and oxygen atoms in total. The number of rotatable bonds is 5. The highest BCUT2D eigenvalue weighted by Crippen LogP contribution is 2.28. The average Bonchev–Trinajstić information content (AvgIpc) is 2.89. The number of aromatic nitrogens is 3. The predicted octanol–water partition coefficient (Wildman–Crippen LogP) is 3.95. The van der Waals surface area contributed by atoms with Gasteiger partial charge in [0, 0.05) is 0 Å². The van der Waals surface area contributed by atoms with Gasteiger partial charge in [-0.15, -0.1) is 5.10 Å². The number of hydrogen-bond acceptors (Lipinski definition) is 3. The summed E-state index contributed by atoms with van der Waals surface area (Å²) in [6, 6.07) is 3.13. The Labute approximate surface area is 133 Å². The summed E-state index contributed by atoms with van der Waals surface area (Å²) >= 11 is 11.7. The number of halogens is 3. The van der Waals surface area contributed by atoms with E-state index in [0.29, 0.717) is 5.69 Å². The Hall–Kier alpha value is -1.17. The van der Waals surface area contributed by atoms with Crippen LogP contribution in [0.4, 0.5) is 4.39 Å². The molecule has 0 amide bonds. The van der Waals surface area contributed by atoms with Gasteiger partial charge in [-0.25, -0.2) is 9.07 Å². The highest BCUT2D eigenvalue weighted by molar-refractivity contribution is 6.35. The van der Waals surface area contributed by atoms with E-state index in [1.54, 1.807) is 4.68 Å². The zero-order chi connectivity index (χ0) is 15.6. The van der Waals surface area contributed by atoms with Gasteiger partial charge in [0.2, 0.25) is 0 Å². The van der Waals surface area contributed by atoms with Crippen molar-refractivity contribution in [1.29, 1.82) is 0 Å². The lowest BCUT2D eigenvalue weighted by molar-refractivity contribution is 0.555. The maximum absolute atomic E-state index is 13.5. The van der Waals surface area contributed by atoms with Crippen LogP contribution in [0.2, 0.25) is 10.0 Å². The molecule has 0 aliphatic rings. The largest absolute Gasteiger partial charge is 0.312 e. The van der Waals surface area contributed by atoms with E-state index in [0.717, 1.165) is 24.2 Å². The molecule has 1 heterocycles. The Bertz CT molecular complexity index is 615. The van der Waals surface area contributed by atoms with Gasteiger partial charge in [0.05, 0.1) is 27.5 Å². The summed E-state index contributed by atoms with van der Waals surface area (Å²) in [5.41, 5.74) is 2.45. The van der Waals surface area contributed by atoms with Gasteiger partial charge in [-0.3, -0.25) is 0 Å². The number of hydrogen-bond donors (Lipinski definition) is 1. The van der Waals surface area contributed by atoms with E-state index >= 15 is 0 Å². The molecule has 0 fully saturated rings.